The molecule has 1 aliphatic rings. The Bertz CT molecular complexity index is 791. The number of aryl methyl sites for hydroxylation is 2. The molecular formula is C17H22N2O3S. The average molecular weight is 334 g/mol. The van der Waals surface area contributed by atoms with Gasteiger partial charge in [-0.1, -0.05) is 0 Å². The number of thiophene rings is 1. The van der Waals surface area contributed by atoms with Crippen molar-refractivity contribution in [3.8, 4) is 0 Å². The highest BCUT2D eigenvalue weighted by Gasteiger charge is 2.22. The number of fused-ring (bicyclic) bond motifs is 3. The van der Waals surface area contributed by atoms with Gasteiger partial charge in [0.25, 0.3) is 5.56 Å². The number of ether oxygens (including phenoxy) is 1. The lowest BCUT2D eigenvalue weighted by Crippen LogP contribution is -2.27. The van der Waals surface area contributed by atoms with Gasteiger partial charge in [-0.2, -0.15) is 0 Å². The summed E-state index contributed by atoms with van der Waals surface area (Å²) in [6.07, 6.45) is 5.29. The molecule has 5 nitrogen and oxygen atoms in total. The van der Waals surface area contributed by atoms with Crippen molar-refractivity contribution in [2.45, 2.75) is 52.0 Å². The number of methoxy groups -OCH3 is 1. The van der Waals surface area contributed by atoms with Gasteiger partial charge in [0, 0.05) is 31.4 Å². The fourth-order valence-electron chi connectivity index (χ4n) is 3.16. The second-order valence-corrected chi connectivity index (χ2v) is 7.15. The molecule has 0 amide bonds. The summed E-state index contributed by atoms with van der Waals surface area (Å²) in [7, 11) is 1.64. The maximum absolute atomic E-state index is 13.0. The van der Waals surface area contributed by atoms with Crippen molar-refractivity contribution < 1.29 is 9.53 Å². The molecule has 0 N–H and O–H groups in total. The van der Waals surface area contributed by atoms with Gasteiger partial charge >= 0.3 is 0 Å². The summed E-state index contributed by atoms with van der Waals surface area (Å²) in [6.45, 7) is 2.47. The Kier molecular flexibility index (Phi) is 4.92. The van der Waals surface area contributed by atoms with Crippen molar-refractivity contribution in [2.24, 2.45) is 0 Å². The van der Waals surface area contributed by atoms with Crippen LogP contribution in [0.2, 0.25) is 0 Å². The number of rotatable bonds is 6. The summed E-state index contributed by atoms with van der Waals surface area (Å²) in [5, 5.41) is 0.786. The Balaban J connectivity index is 2.13. The fourth-order valence-corrected chi connectivity index (χ4v) is 4.44. The minimum atomic E-state index is 0.0155. The van der Waals surface area contributed by atoms with E-state index in [4.69, 9.17) is 9.72 Å². The molecule has 2 aromatic heterocycles. The largest absolute Gasteiger partial charge is 0.384 e. The van der Waals surface area contributed by atoms with E-state index in [1.165, 1.54) is 16.9 Å². The molecule has 0 bridgehead atoms. The normalized spacial score (nSPS) is 14.2. The molecule has 6 heteroatoms. The summed E-state index contributed by atoms with van der Waals surface area (Å²) in [6, 6.07) is 0. The molecule has 0 fully saturated rings. The topological polar surface area (TPSA) is 61.2 Å². The first-order valence-electron chi connectivity index (χ1n) is 8.14. The molecule has 0 atom stereocenters. The van der Waals surface area contributed by atoms with Crippen LogP contribution in [0.1, 0.15) is 42.5 Å². The van der Waals surface area contributed by atoms with Crippen molar-refractivity contribution in [3.63, 3.8) is 0 Å². The van der Waals surface area contributed by atoms with Gasteiger partial charge in [-0.05, 0) is 38.2 Å². The molecule has 2 aromatic rings. The lowest BCUT2D eigenvalue weighted by atomic mass is 9.97. The van der Waals surface area contributed by atoms with Crippen LogP contribution in [0.15, 0.2) is 4.79 Å². The molecule has 0 saturated carbocycles. The van der Waals surface area contributed by atoms with Gasteiger partial charge in [0.05, 0.1) is 12.0 Å². The zero-order valence-electron chi connectivity index (χ0n) is 13.7. The lowest BCUT2D eigenvalue weighted by molar-refractivity contribution is -0.117. The number of ketones is 1. The maximum atomic E-state index is 13.0. The predicted molar refractivity (Wildman–Crippen MR) is 91.4 cm³/mol. The number of carbonyl (C=O) groups is 1. The number of carbonyl (C=O) groups excluding carboxylic acids is 1. The number of hydrogen-bond acceptors (Lipinski definition) is 5. The first-order valence-corrected chi connectivity index (χ1v) is 8.95. The first-order chi connectivity index (χ1) is 11.1. The maximum Gasteiger partial charge on any atom is 0.262 e. The number of Topliss-reactive ketones (excluding diaryl/α,β-unsaturated/α-hetero) is 1. The molecule has 0 saturated heterocycles. The molecule has 3 rings (SSSR count). The average Bonchev–Trinajstić information content (AvgIpc) is 2.90. The second kappa shape index (κ2) is 6.93. The van der Waals surface area contributed by atoms with Crippen molar-refractivity contribution in [1.82, 2.24) is 9.55 Å². The number of nitrogens with zero attached hydrogens (tertiary/aromatic N) is 2. The van der Waals surface area contributed by atoms with Crippen molar-refractivity contribution in [2.75, 3.05) is 13.7 Å². The third kappa shape index (κ3) is 3.23. The van der Waals surface area contributed by atoms with Crippen molar-refractivity contribution >= 4 is 27.3 Å². The Morgan fingerprint density at radius 3 is 2.87 bits per heavy atom. The van der Waals surface area contributed by atoms with Crippen LogP contribution in [0, 0.1) is 0 Å². The van der Waals surface area contributed by atoms with Gasteiger partial charge in [0.15, 0.2) is 0 Å². The van der Waals surface area contributed by atoms with Crippen LogP contribution in [-0.4, -0.2) is 29.1 Å². The third-order valence-electron chi connectivity index (χ3n) is 4.37. The van der Waals surface area contributed by atoms with Crippen molar-refractivity contribution in [1.29, 1.82) is 0 Å². The summed E-state index contributed by atoms with van der Waals surface area (Å²) < 4.78 is 6.83. The highest BCUT2D eigenvalue weighted by atomic mass is 32.1. The monoisotopic (exact) mass is 334 g/mol. The standard InChI is InChI=1S/C17H22N2O3S/c1-11(20)7-9-19-14(8-10-22-2)18-16-15(17(19)21)12-5-3-4-6-13(12)23-16/h3-10H2,1-2H3. The Hall–Kier alpha value is -1.53. The zero-order chi connectivity index (χ0) is 16.4. The quantitative estimate of drug-likeness (QED) is 0.814. The molecule has 0 aromatic carbocycles. The molecule has 124 valence electrons. The van der Waals surface area contributed by atoms with E-state index in [0.29, 0.717) is 26.0 Å². The van der Waals surface area contributed by atoms with E-state index >= 15 is 0 Å². The molecule has 1 aliphatic carbocycles. The first kappa shape index (κ1) is 16.3. The third-order valence-corrected chi connectivity index (χ3v) is 5.56. The summed E-state index contributed by atoms with van der Waals surface area (Å²) in [5.41, 5.74) is 1.21. The van der Waals surface area contributed by atoms with Gasteiger partial charge in [-0.3, -0.25) is 14.2 Å². The van der Waals surface area contributed by atoms with E-state index in [1.54, 1.807) is 29.9 Å². The van der Waals surface area contributed by atoms with Crippen LogP contribution in [0.5, 0.6) is 0 Å². The van der Waals surface area contributed by atoms with Gasteiger partial charge in [-0.25, -0.2) is 4.98 Å². The molecule has 0 unspecified atom stereocenters. The minimum absolute atomic E-state index is 0.0155. The zero-order valence-corrected chi connectivity index (χ0v) is 14.5. The van der Waals surface area contributed by atoms with E-state index in [-0.39, 0.29) is 11.3 Å². The van der Waals surface area contributed by atoms with E-state index in [2.05, 4.69) is 0 Å². The van der Waals surface area contributed by atoms with Crippen LogP contribution < -0.4 is 5.56 Å². The molecule has 0 aliphatic heterocycles. The SMILES string of the molecule is COCCc1nc2sc3c(c2c(=O)n1CCC(C)=O)CCCC3. The van der Waals surface area contributed by atoms with E-state index in [1.807, 2.05) is 0 Å². The highest BCUT2D eigenvalue weighted by molar-refractivity contribution is 7.18. The van der Waals surface area contributed by atoms with Crippen LogP contribution in [0.25, 0.3) is 10.2 Å². The number of aromatic nitrogens is 2. The fraction of sp³-hybridized carbons (Fsp3) is 0.588. The lowest BCUT2D eigenvalue weighted by Gasteiger charge is -2.13. The smallest absolute Gasteiger partial charge is 0.262 e. The predicted octanol–water partition coefficient (Wildman–Crippen LogP) is 2.50. The van der Waals surface area contributed by atoms with Gasteiger partial charge in [0.1, 0.15) is 16.4 Å². The van der Waals surface area contributed by atoms with Gasteiger partial charge in [0.2, 0.25) is 0 Å². The molecular weight excluding hydrogens is 312 g/mol. The van der Waals surface area contributed by atoms with E-state index < -0.39 is 0 Å². The minimum Gasteiger partial charge on any atom is -0.384 e. The van der Waals surface area contributed by atoms with Crippen LogP contribution in [0.3, 0.4) is 0 Å². The summed E-state index contributed by atoms with van der Waals surface area (Å²) in [4.78, 5) is 31.3. The van der Waals surface area contributed by atoms with Crippen LogP contribution in [0.4, 0.5) is 0 Å². The number of hydrogen-bond donors (Lipinski definition) is 0. The molecule has 0 spiro atoms. The van der Waals surface area contributed by atoms with Crippen molar-refractivity contribution in [3.05, 3.63) is 26.6 Å². The van der Waals surface area contributed by atoms with Gasteiger partial charge in [-0.15, -0.1) is 11.3 Å². The Morgan fingerprint density at radius 1 is 1.35 bits per heavy atom. The molecule has 2 heterocycles. The van der Waals surface area contributed by atoms with Crippen LogP contribution >= 0.6 is 11.3 Å². The van der Waals surface area contributed by atoms with Gasteiger partial charge < -0.3 is 4.74 Å². The van der Waals surface area contributed by atoms with E-state index in [9.17, 15) is 9.59 Å². The second-order valence-electron chi connectivity index (χ2n) is 6.07. The summed E-state index contributed by atoms with van der Waals surface area (Å²) in [5.74, 6) is 0.811. The van der Waals surface area contributed by atoms with Crippen LogP contribution in [-0.2, 0) is 35.3 Å². The highest BCUT2D eigenvalue weighted by Crippen LogP contribution is 2.33. The Labute approximate surface area is 139 Å². The van der Waals surface area contributed by atoms with E-state index in [0.717, 1.165) is 35.3 Å². The Morgan fingerprint density at radius 2 is 2.13 bits per heavy atom. The summed E-state index contributed by atoms with van der Waals surface area (Å²) >= 11 is 1.66. The molecule has 0 radical (unpaired) electrons. The molecule has 23 heavy (non-hydrogen) atoms.